The van der Waals surface area contributed by atoms with E-state index in [1.54, 1.807) is 13.8 Å². The number of carbonyl (C=O) groups is 1. The number of rotatable bonds is 3. The number of carbonyl (C=O) groups excluding carboxylic acids is 1. The summed E-state index contributed by atoms with van der Waals surface area (Å²) < 4.78 is 18.4. The van der Waals surface area contributed by atoms with E-state index in [9.17, 15) is 4.79 Å². The molecule has 0 saturated carbocycles. The molecule has 0 spiro atoms. The van der Waals surface area contributed by atoms with E-state index in [4.69, 9.17) is 2.74 Å². The summed E-state index contributed by atoms with van der Waals surface area (Å²) in [5, 5.41) is 0. The Hall–Kier alpha value is -0.790. The van der Waals surface area contributed by atoms with E-state index in [0.29, 0.717) is 0 Å². The van der Waals surface area contributed by atoms with Crippen molar-refractivity contribution < 1.29 is 12.3 Å². The van der Waals surface area contributed by atoms with Crippen LogP contribution in [0, 0.1) is 5.92 Å². The first-order valence-corrected chi connectivity index (χ1v) is 2.75. The van der Waals surface area contributed by atoms with Crippen molar-refractivity contribution in [1.29, 1.82) is 0 Å². The van der Waals surface area contributed by atoms with Crippen LogP contribution in [-0.4, -0.2) is 12.5 Å². The SMILES string of the molecule is [2H]C([2H])(C=C)OC(=O)C(C)C. The first kappa shape index (κ1) is 5.03. The van der Waals surface area contributed by atoms with Crippen molar-refractivity contribution in [2.75, 3.05) is 6.56 Å². The van der Waals surface area contributed by atoms with Crippen LogP contribution >= 0.6 is 0 Å². The summed E-state index contributed by atoms with van der Waals surface area (Å²) in [6.07, 6.45) is 0.952. The van der Waals surface area contributed by atoms with Crippen LogP contribution in [0.4, 0.5) is 0 Å². The molecule has 0 atom stereocenters. The van der Waals surface area contributed by atoms with Gasteiger partial charge in [0.05, 0.1) is 8.66 Å². The second kappa shape index (κ2) is 4.13. The molecular formula is C7H12O2. The van der Waals surface area contributed by atoms with Crippen LogP contribution in [0.15, 0.2) is 12.7 Å². The van der Waals surface area contributed by atoms with Gasteiger partial charge in [0, 0.05) is 0 Å². The average molecular weight is 130 g/mol. The van der Waals surface area contributed by atoms with Crippen LogP contribution < -0.4 is 0 Å². The Labute approximate surface area is 58.3 Å². The fourth-order valence-electron chi connectivity index (χ4n) is 0.218. The zero-order valence-electron chi connectivity index (χ0n) is 7.68. The minimum atomic E-state index is -2.04. The highest BCUT2D eigenvalue weighted by molar-refractivity contribution is 5.71. The Morgan fingerprint density at radius 1 is 2.00 bits per heavy atom. The summed E-state index contributed by atoms with van der Waals surface area (Å²) in [5.41, 5.74) is 0. The fourth-order valence-corrected chi connectivity index (χ4v) is 0.218. The number of hydrogen-bond donors (Lipinski definition) is 0. The molecule has 2 heteroatoms. The highest BCUT2D eigenvalue weighted by Crippen LogP contribution is 1.94. The van der Waals surface area contributed by atoms with Crippen molar-refractivity contribution >= 4 is 5.97 Å². The lowest BCUT2D eigenvalue weighted by Crippen LogP contribution is -2.11. The fraction of sp³-hybridized carbons (Fsp3) is 0.571. The van der Waals surface area contributed by atoms with Crippen molar-refractivity contribution in [2.45, 2.75) is 13.8 Å². The molecule has 0 aliphatic carbocycles. The summed E-state index contributed by atoms with van der Waals surface area (Å²) in [7, 11) is 0. The van der Waals surface area contributed by atoms with Gasteiger partial charge in [-0.05, 0) is 0 Å². The molecule has 9 heavy (non-hydrogen) atoms. The molecule has 0 aromatic rings. The third-order valence-electron chi connectivity index (χ3n) is 0.714. The maximum Gasteiger partial charge on any atom is 0.308 e. The van der Waals surface area contributed by atoms with E-state index in [0.717, 1.165) is 6.08 Å². The Morgan fingerprint density at radius 3 is 2.89 bits per heavy atom. The normalized spacial score (nSPS) is 14.1. The van der Waals surface area contributed by atoms with Gasteiger partial charge in [-0.15, -0.1) is 0 Å². The van der Waals surface area contributed by atoms with Crippen LogP contribution in [0.5, 0.6) is 0 Å². The molecule has 0 saturated heterocycles. The molecule has 0 bridgehead atoms. The van der Waals surface area contributed by atoms with Crippen LogP contribution in [0.1, 0.15) is 16.6 Å². The van der Waals surface area contributed by atoms with Crippen molar-refractivity contribution in [3.05, 3.63) is 12.7 Å². The predicted molar refractivity (Wildman–Crippen MR) is 36.0 cm³/mol. The van der Waals surface area contributed by atoms with Gasteiger partial charge in [0.15, 0.2) is 0 Å². The Morgan fingerprint density at radius 2 is 2.56 bits per heavy atom. The maximum atomic E-state index is 10.8. The Bertz CT molecular complexity index is 164. The van der Waals surface area contributed by atoms with E-state index in [-0.39, 0.29) is 5.92 Å². The number of esters is 1. The summed E-state index contributed by atoms with van der Waals surface area (Å²) in [6.45, 7) is 4.43. The standard InChI is InChI=1S/C7H12O2/c1-4-5-9-7(8)6(2)3/h4,6H,1,5H2,2-3H3/i5D2. The molecular weight excluding hydrogens is 116 g/mol. The quantitative estimate of drug-likeness (QED) is 0.426. The molecule has 0 heterocycles. The number of hydrogen-bond acceptors (Lipinski definition) is 2. The molecule has 0 aromatic carbocycles. The molecule has 0 aromatic heterocycles. The Balaban J connectivity index is 4.04. The summed E-state index contributed by atoms with van der Waals surface area (Å²) in [4.78, 5) is 10.8. The van der Waals surface area contributed by atoms with Crippen molar-refractivity contribution in [2.24, 2.45) is 5.92 Å². The highest BCUT2D eigenvalue weighted by Gasteiger charge is 2.05. The second-order valence-corrected chi connectivity index (χ2v) is 1.90. The van der Waals surface area contributed by atoms with Gasteiger partial charge in [-0.1, -0.05) is 26.5 Å². The van der Waals surface area contributed by atoms with E-state index in [1.807, 2.05) is 0 Å². The molecule has 0 N–H and O–H groups in total. The van der Waals surface area contributed by atoms with Gasteiger partial charge >= 0.3 is 5.97 Å². The molecule has 0 aliphatic rings. The monoisotopic (exact) mass is 130 g/mol. The van der Waals surface area contributed by atoms with Gasteiger partial charge in [-0.3, -0.25) is 4.79 Å². The smallest absolute Gasteiger partial charge is 0.308 e. The lowest BCUT2D eigenvalue weighted by molar-refractivity contribution is -0.146. The van der Waals surface area contributed by atoms with Crippen LogP contribution in [0.3, 0.4) is 0 Å². The van der Waals surface area contributed by atoms with E-state index >= 15 is 0 Å². The number of ether oxygens (including phenoxy) is 1. The van der Waals surface area contributed by atoms with Crippen molar-refractivity contribution in [3.63, 3.8) is 0 Å². The Kier molecular flexibility index (Phi) is 2.31. The molecule has 0 unspecified atom stereocenters. The van der Waals surface area contributed by atoms with Crippen LogP contribution in [0.25, 0.3) is 0 Å². The molecule has 0 radical (unpaired) electrons. The molecule has 0 amide bonds. The molecule has 0 fully saturated rings. The van der Waals surface area contributed by atoms with E-state index in [2.05, 4.69) is 11.3 Å². The van der Waals surface area contributed by atoms with Gasteiger partial charge in [-0.2, -0.15) is 0 Å². The predicted octanol–water partition coefficient (Wildman–Crippen LogP) is 1.37. The summed E-state index contributed by atoms with van der Waals surface area (Å²) in [5.74, 6) is -0.875. The van der Waals surface area contributed by atoms with E-state index < -0.39 is 12.5 Å². The maximum absolute atomic E-state index is 10.8. The summed E-state index contributed by atoms with van der Waals surface area (Å²) in [6, 6.07) is 0. The van der Waals surface area contributed by atoms with Crippen LogP contribution in [-0.2, 0) is 9.53 Å². The van der Waals surface area contributed by atoms with Gasteiger partial charge in [-0.25, -0.2) is 0 Å². The minimum absolute atomic E-state index is 0.315. The first-order chi connectivity index (χ1) is 4.89. The van der Waals surface area contributed by atoms with Crippen molar-refractivity contribution in [3.8, 4) is 0 Å². The largest absolute Gasteiger partial charge is 0.461 e. The zero-order valence-corrected chi connectivity index (χ0v) is 5.68. The van der Waals surface area contributed by atoms with Crippen LogP contribution in [0.2, 0.25) is 0 Å². The molecule has 2 nitrogen and oxygen atoms in total. The second-order valence-electron chi connectivity index (χ2n) is 1.90. The third-order valence-corrected chi connectivity index (χ3v) is 0.714. The van der Waals surface area contributed by atoms with Gasteiger partial charge in [0.2, 0.25) is 0 Å². The van der Waals surface area contributed by atoms with Gasteiger partial charge < -0.3 is 4.74 Å². The topological polar surface area (TPSA) is 26.3 Å². The lowest BCUT2D eigenvalue weighted by atomic mass is 10.2. The minimum Gasteiger partial charge on any atom is -0.461 e. The van der Waals surface area contributed by atoms with Gasteiger partial charge in [0.1, 0.15) is 6.56 Å². The molecule has 0 rings (SSSR count). The van der Waals surface area contributed by atoms with Crippen molar-refractivity contribution in [1.82, 2.24) is 0 Å². The summed E-state index contributed by atoms with van der Waals surface area (Å²) >= 11 is 0. The molecule has 52 valence electrons. The van der Waals surface area contributed by atoms with E-state index in [1.165, 1.54) is 0 Å². The highest BCUT2D eigenvalue weighted by atomic mass is 16.5. The first-order valence-electron chi connectivity index (χ1n) is 3.75. The third kappa shape index (κ3) is 3.76. The molecule has 0 aliphatic heterocycles. The van der Waals surface area contributed by atoms with Gasteiger partial charge in [0.25, 0.3) is 0 Å². The zero-order chi connectivity index (χ0) is 9.07. The average Bonchev–Trinajstić information content (AvgIpc) is 1.87. The lowest BCUT2D eigenvalue weighted by Gasteiger charge is -2.02.